The molecule has 0 aliphatic carbocycles. The van der Waals surface area contributed by atoms with Crippen molar-refractivity contribution in [3.8, 4) is 5.75 Å². The first-order valence-corrected chi connectivity index (χ1v) is 6.65. The van der Waals surface area contributed by atoms with Crippen LogP contribution in [0.4, 0.5) is 0 Å². The molecular weight excluding hydrogens is 348 g/mol. The minimum absolute atomic E-state index is 0.0133. The maximum Gasteiger partial charge on any atom is 0.343 e. The number of ether oxygens (including phenoxy) is 1. The van der Waals surface area contributed by atoms with Crippen molar-refractivity contribution in [2.24, 2.45) is 0 Å². The molecule has 0 aliphatic heterocycles. The fourth-order valence-electron chi connectivity index (χ4n) is 1.50. The van der Waals surface area contributed by atoms with Gasteiger partial charge in [-0.2, -0.15) is 0 Å². The van der Waals surface area contributed by atoms with Crippen LogP contribution in [0.5, 0.6) is 5.75 Å². The molecule has 2 aromatic carbocycles. The molecule has 0 radical (unpaired) electrons. The quantitative estimate of drug-likeness (QED) is 0.667. The van der Waals surface area contributed by atoms with E-state index >= 15 is 0 Å². The molecule has 2 aromatic rings. The number of carboxylic acids is 1. The molecule has 2 rings (SSSR count). The molecule has 6 heteroatoms. The number of aromatic carboxylic acids is 1. The van der Waals surface area contributed by atoms with Gasteiger partial charge in [-0.1, -0.05) is 27.5 Å². The lowest BCUT2D eigenvalue weighted by Crippen LogP contribution is -2.11. The van der Waals surface area contributed by atoms with Crippen LogP contribution in [0.25, 0.3) is 0 Å². The van der Waals surface area contributed by atoms with Crippen molar-refractivity contribution in [3.05, 3.63) is 63.1 Å². The molecule has 20 heavy (non-hydrogen) atoms. The summed E-state index contributed by atoms with van der Waals surface area (Å²) in [6, 6.07) is 10.5. The zero-order valence-electron chi connectivity index (χ0n) is 9.97. The predicted molar refractivity (Wildman–Crippen MR) is 77.5 cm³/mol. The molecule has 0 saturated heterocycles. The average Bonchev–Trinajstić information content (AvgIpc) is 2.41. The predicted octanol–water partition coefficient (Wildman–Crippen LogP) is 4.02. The SMILES string of the molecule is O=C(Oc1ccc(Br)cc1C(=O)O)c1ccc(Cl)cc1. The van der Waals surface area contributed by atoms with Gasteiger partial charge in [-0.05, 0) is 42.5 Å². The summed E-state index contributed by atoms with van der Waals surface area (Å²) in [5, 5.41) is 9.58. The summed E-state index contributed by atoms with van der Waals surface area (Å²) in [5.41, 5.74) is 0.190. The van der Waals surface area contributed by atoms with Crippen molar-refractivity contribution < 1.29 is 19.4 Å². The van der Waals surface area contributed by atoms with Crippen molar-refractivity contribution >= 4 is 39.5 Å². The first-order chi connectivity index (χ1) is 9.47. The Kier molecular flexibility index (Phi) is 4.42. The van der Waals surface area contributed by atoms with Crippen LogP contribution in [-0.2, 0) is 0 Å². The molecule has 0 aliphatic rings. The second-order valence-corrected chi connectivity index (χ2v) is 5.19. The number of carbonyl (C=O) groups excluding carboxylic acids is 1. The minimum Gasteiger partial charge on any atom is -0.478 e. The smallest absolute Gasteiger partial charge is 0.343 e. The zero-order valence-corrected chi connectivity index (χ0v) is 12.3. The Balaban J connectivity index is 2.28. The van der Waals surface area contributed by atoms with Gasteiger partial charge in [0.1, 0.15) is 11.3 Å². The van der Waals surface area contributed by atoms with E-state index in [0.29, 0.717) is 9.50 Å². The van der Waals surface area contributed by atoms with E-state index in [1.54, 1.807) is 18.2 Å². The molecule has 0 amide bonds. The number of carboxylic acid groups (broad SMARTS) is 1. The minimum atomic E-state index is -1.18. The van der Waals surface area contributed by atoms with E-state index in [0.717, 1.165) is 0 Å². The monoisotopic (exact) mass is 354 g/mol. The highest BCUT2D eigenvalue weighted by atomic mass is 79.9. The second kappa shape index (κ2) is 6.07. The number of carbonyl (C=O) groups is 2. The van der Waals surface area contributed by atoms with E-state index in [-0.39, 0.29) is 16.9 Å². The van der Waals surface area contributed by atoms with Crippen LogP contribution < -0.4 is 4.74 Å². The van der Waals surface area contributed by atoms with Gasteiger partial charge >= 0.3 is 11.9 Å². The van der Waals surface area contributed by atoms with E-state index in [2.05, 4.69) is 15.9 Å². The summed E-state index contributed by atoms with van der Waals surface area (Å²) in [4.78, 5) is 23.0. The number of esters is 1. The number of halogens is 2. The van der Waals surface area contributed by atoms with Gasteiger partial charge in [0.2, 0.25) is 0 Å². The second-order valence-electron chi connectivity index (χ2n) is 3.84. The van der Waals surface area contributed by atoms with E-state index in [1.807, 2.05) is 0 Å². The maximum absolute atomic E-state index is 11.9. The Morgan fingerprint density at radius 1 is 1.10 bits per heavy atom. The Morgan fingerprint density at radius 2 is 1.75 bits per heavy atom. The molecule has 0 spiro atoms. The van der Waals surface area contributed by atoms with Crippen molar-refractivity contribution in [2.75, 3.05) is 0 Å². The van der Waals surface area contributed by atoms with Crippen LogP contribution in [-0.4, -0.2) is 17.0 Å². The Hall–Kier alpha value is -1.85. The summed E-state index contributed by atoms with van der Waals surface area (Å²) in [6.07, 6.45) is 0. The summed E-state index contributed by atoms with van der Waals surface area (Å²) < 4.78 is 5.69. The molecule has 102 valence electrons. The summed E-state index contributed by atoms with van der Waals surface area (Å²) in [6.45, 7) is 0. The molecule has 0 saturated carbocycles. The van der Waals surface area contributed by atoms with Crippen LogP contribution in [0.1, 0.15) is 20.7 Å². The number of hydrogen-bond acceptors (Lipinski definition) is 3. The van der Waals surface area contributed by atoms with Gasteiger partial charge in [-0.15, -0.1) is 0 Å². The highest BCUT2D eigenvalue weighted by Gasteiger charge is 2.16. The molecule has 1 N–H and O–H groups in total. The third-order valence-corrected chi connectivity index (χ3v) is 3.20. The van der Waals surface area contributed by atoms with Gasteiger partial charge in [0.05, 0.1) is 5.56 Å². The molecule has 0 bridgehead atoms. The van der Waals surface area contributed by atoms with Gasteiger partial charge in [-0.3, -0.25) is 0 Å². The topological polar surface area (TPSA) is 63.6 Å². The van der Waals surface area contributed by atoms with E-state index in [9.17, 15) is 9.59 Å². The summed E-state index contributed by atoms with van der Waals surface area (Å²) in [7, 11) is 0. The molecule has 0 heterocycles. The third kappa shape index (κ3) is 3.37. The number of rotatable bonds is 3. The maximum atomic E-state index is 11.9. The standard InChI is InChI=1S/C14H8BrClO4/c15-9-3-6-12(11(7-9)13(17)18)20-14(19)8-1-4-10(16)5-2-8/h1-7H,(H,17,18). The molecule has 0 aromatic heterocycles. The molecule has 0 unspecified atom stereocenters. The summed E-state index contributed by atoms with van der Waals surface area (Å²) >= 11 is 8.89. The van der Waals surface area contributed by atoms with Gasteiger partial charge in [0.25, 0.3) is 0 Å². The van der Waals surface area contributed by atoms with Gasteiger partial charge in [0.15, 0.2) is 0 Å². The van der Waals surface area contributed by atoms with Gasteiger partial charge in [0, 0.05) is 9.50 Å². The van der Waals surface area contributed by atoms with Crippen molar-refractivity contribution in [1.29, 1.82) is 0 Å². The summed E-state index contributed by atoms with van der Waals surface area (Å²) in [5.74, 6) is -1.84. The lowest BCUT2D eigenvalue weighted by atomic mass is 10.2. The van der Waals surface area contributed by atoms with Gasteiger partial charge in [-0.25, -0.2) is 9.59 Å². The van der Waals surface area contributed by atoms with Crippen LogP contribution in [0, 0.1) is 0 Å². The molecule has 0 fully saturated rings. The third-order valence-electron chi connectivity index (χ3n) is 2.45. The lowest BCUT2D eigenvalue weighted by Gasteiger charge is -2.08. The first kappa shape index (κ1) is 14.6. The van der Waals surface area contributed by atoms with Crippen LogP contribution in [0.2, 0.25) is 5.02 Å². The van der Waals surface area contributed by atoms with Crippen LogP contribution in [0.15, 0.2) is 46.9 Å². The van der Waals surface area contributed by atoms with Crippen molar-refractivity contribution in [2.45, 2.75) is 0 Å². The Labute approximate surface area is 128 Å². The van der Waals surface area contributed by atoms with E-state index in [4.69, 9.17) is 21.4 Å². The average molecular weight is 356 g/mol. The van der Waals surface area contributed by atoms with Crippen LogP contribution in [0.3, 0.4) is 0 Å². The largest absolute Gasteiger partial charge is 0.478 e. The zero-order chi connectivity index (χ0) is 14.7. The Bertz CT molecular complexity index is 667. The highest BCUT2D eigenvalue weighted by molar-refractivity contribution is 9.10. The van der Waals surface area contributed by atoms with E-state index in [1.165, 1.54) is 24.3 Å². The Morgan fingerprint density at radius 3 is 2.35 bits per heavy atom. The van der Waals surface area contributed by atoms with Crippen LogP contribution >= 0.6 is 27.5 Å². The fourth-order valence-corrected chi connectivity index (χ4v) is 1.99. The van der Waals surface area contributed by atoms with Gasteiger partial charge < -0.3 is 9.84 Å². The first-order valence-electron chi connectivity index (χ1n) is 5.48. The number of benzene rings is 2. The molecule has 0 atom stereocenters. The van der Waals surface area contributed by atoms with Crippen molar-refractivity contribution in [1.82, 2.24) is 0 Å². The number of hydrogen-bond donors (Lipinski definition) is 1. The lowest BCUT2D eigenvalue weighted by molar-refractivity contribution is 0.0681. The fraction of sp³-hybridized carbons (Fsp3) is 0. The van der Waals surface area contributed by atoms with Crippen molar-refractivity contribution in [3.63, 3.8) is 0 Å². The highest BCUT2D eigenvalue weighted by Crippen LogP contribution is 2.24. The normalized spacial score (nSPS) is 10.1. The van der Waals surface area contributed by atoms with E-state index < -0.39 is 11.9 Å². The molecular formula is C14H8BrClO4. The molecule has 4 nitrogen and oxygen atoms in total.